The van der Waals surface area contributed by atoms with Crippen molar-refractivity contribution in [3.05, 3.63) is 57.6 Å². The summed E-state index contributed by atoms with van der Waals surface area (Å²) in [5, 5.41) is 0.741. The number of hydrogen-bond acceptors (Lipinski definition) is 2. The Morgan fingerprint density at radius 3 is 2.24 bits per heavy atom. The van der Waals surface area contributed by atoms with Crippen molar-refractivity contribution in [2.24, 2.45) is 5.73 Å². The Morgan fingerprint density at radius 1 is 1.10 bits per heavy atom. The van der Waals surface area contributed by atoms with Gasteiger partial charge in [-0.1, -0.05) is 35.0 Å². The number of nitrogens with two attached hydrogens (primary N) is 1. The Balaban J connectivity index is 2.29. The standard InChI is InChI=1S/C15H13Cl2F2NS/c1-8(20)4-9-5-13(18)15(14(19)6-9)21-10-2-3-11(16)12(17)7-10/h2-3,5-8H,4,20H2,1H3. The predicted molar refractivity (Wildman–Crippen MR) is 84.3 cm³/mol. The molecule has 0 spiro atoms. The molecule has 0 fully saturated rings. The SMILES string of the molecule is CC(N)Cc1cc(F)c(Sc2ccc(Cl)c(Cl)c2)c(F)c1. The molecule has 2 aromatic rings. The Kier molecular flexibility index (Phi) is 5.49. The van der Waals surface area contributed by atoms with E-state index >= 15 is 0 Å². The van der Waals surface area contributed by atoms with E-state index in [0.29, 0.717) is 26.9 Å². The van der Waals surface area contributed by atoms with Crippen molar-refractivity contribution < 1.29 is 8.78 Å². The van der Waals surface area contributed by atoms with Crippen LogP contribution in [0.4, 0.5) is 8.78 Å². The zero-order valence-electron chi connectivity index (χ0n) is 11.2. The van der Waals surface area contributed by atoms with Gasteiger partial charge in [0.1, 0.15) is 11.6 Å². The fourth-order valence-corrected chi connectivity index (χ4v) is 3.08. The third kappa shape index (κ3) is 4.33. The van der Waals surface area contributed by atoms with Gasteiger partial charge in [0.2, 0.25) is 0 Å². The summed E-state index contributed by atoms with van der Waals surface area (Å²) >= 11 is 12.7. The summed E-state index contributed by atoms with van der Waals surface area (Å²) in [4.78, 5) is 0.545. The molecule has 0 aliphatic heterocycles. The molecule has 6 heteroatoms. The van der Waals surface area contributed by atoms with Crippen LogP contribution in [-0.4, -0.2) is 6.04 Å². The van der Waals surface area contributed by atoms with E-state index in [2.05, 4.69) is 0 Å². The maximum atomic E-state index is 14.1. The molecule has 21 heavy (non-hydrogen) atoms. The van der Waals surface area contributed by atoms with E-state index in [1.54, 1.807) is 25.1 Å². The summed E-state index contributed by atoms with van der Waals surface area (Å²) in [6, 6.07) is 7.29. The van der Waals surface area contributed by atoms with Crippen molar-refractivity contribution in [1.29, 1.82) is 0 Å². The molecule has 0 amide bonds. The molecule has 0 heterocycles. The zero-order valence-corrected chi connectivity index (χ0v) is 13.5. The van der Waals surface area contributed by atoms with Crippen LogP contribution in [0.15, 0.2) is 40.1 Å². The topological polar surface area (TPSA) is 26.0 Å². The lowest BCUT2D eigenvalue weighted by Crippen LogP contribution is -2.18. The van der Waals surface area contributed by atoms with E-state index in [1.165, 1.54) is 12.1 Å². The summed E-state index contributed by atoms with van der Waals surface area (Å²) < 4.78 is 28.1. The first-order valence-corrected chi connectivity index (χ1v) is 7.80. The maximum absolute atomic E-state index is 14.1. The lowest BCUT2D eigenvalue weighted by atomic mass is 10.1. The number of halogens is 4. The van der Waals surface area contributed by atoms with Crippen LogP contribution in [0.2, 0.25) is 10.0 Å². The molecule has 0 aromatic heterocycles. The Bertz CT molecular complexity index is 639. The van der Waals surface area contributed by atoms with E-state index in [4.69, 9.17) is 28.9 Å². The van der Waals surface area contributed by atoms with Crippen LogP contribution < -0.4 is 5.73 Å². The lowest BCUT2D eigenvalue weighted by molar-refractivity contribution is 0.535. The Morgan fingerprint density at radius 2 is 1.71 bits per heavy atom. The minimum absolute atomic E-state index is 0.0678. The number of rotatable bonds is 4. The first-order chi connectivity index (χ1) is 9.86. The van der Waals surface area contributed by atoms with Crippen LogP contribution in [-0.2, 0) is 6.42 Å². The minimum atomic E-state index is -0.610. The van der Waals surface area contributed by atoms with Gasteiger partial charge in [-0.3, -0.25) is 0 Å². The Labute approximate surface area is 136 Å². The average molecular weight is 348 g/mol. The molecular formula is C15H13Cl2F2NS. The van der Waals surface area contributed by atoms with Gasteiger partial charge in [0.15, 0.2) is 0 Å². The van der Waals surface area contributed by atoms with Crippen LogP contribution in [0.3, 0.4) is 0 Å². The largest absolute Gasteiger partial charge is 0.328 e. The zero-order chi connectivity index (χ0) is 15.6. The molecule has 0 radical (unpaired) electrons. The van der Waals surface area contributed by atoms with E-state index in [9.17, 15) is 8.78 Å². The molecule has 0 saturated heterocycles. The normalized spacial score (nSPS) is 12.5. The molecule has 112 valence electrons. The molecular weight excluding hydrogens is 335 g/mol. The summed E-state index contributed by atoms with van der Waals surface area (Å²) in [5.41, 5.74) is 6.18. The van der Waals surface area contributed by atoms with Crippen LogP contribution >= 0.6 is 35.0 Å². The van der Waals surface area contributed by atoms with Crippen LogP contribution in [0.5, 0.6) is 0 Å². The highest BCUT2D eigenvalue weighted by atomic mass is 35.5. The molecule has 1 unspecified atom stereocenters. The molecule has 1 atom stereocenters. The number of hydrogen-bond donors (Lipinski definition) is 1. The molecule has 1 nitrogen and oxygen atoms in total. The fraction of sp³-hybridized carbons (Fsp3) is 0.200. The van der Waals surface area contributed by atoms with Crippen molar-refractivity contribution in [3.8, 4) is 0 Å². The van der Waals surface area contributed by atoms with E-state index in [-0.39, 0.29) is 10.9 Å². The summed E-state index contributed by atoms with van der Waals surface area (Å²) in [6.45, 7) is 1.79. The van der Waals surface area contributed by atoms with Crippen molar-refractivity contribution in [1.82, 2.24) is 0 Å². The predicted octanol–water partition coefficient (Wildman–Crippen LogP) is 5.31. The fourth-order valence-electron chi connectivity index (χ4n) is 1.86. The Hall–Kier alpha value is -0.810. The van der Waals surface area contributed by atoms with Crippen LogP contribution in [0.25, 0.3) is 0 Å². The van der Waals surface area contributed by atoms with Crippen molar-refractivity contribution in [3.63, 3.8) is 0 Å². The van der Waals surface area contributed by atoms with E-state index in [0.717, 1.165) is 11.8 Å². The molecule has 2 N–H and O–H groups in total. The van der Waals surface area contributed by atoms with Gasteiger partial charge in [0, 0.05) is 10.9 Å². The average Bonchev–Trinajstić information content (AvgIpc) is 2.37. The molecule has 2 rings (SSSR count). The monoisotopic (exact) mass is 347 g/mol. The second kappa shape index (κ2) is 6.97. The van der Waals surface area contributed by atoms with Gasteiger partial charge in [0.05, 0.1) is 14.9 Å². The van der Waals surface area contributed by atoms with Gasteiger partial charge in [0.25, 0.3) is 0 Å². The van der Waals surface area contributed by atoms with Crippen LogP contribution in [0.1, 0.15) is 12.5 Å². The highest BCUT2D eigenvalue weighted by molar-refractivity contribution is 7.99. The third-order valence-electron chi connectivity index (χ3n) is 2.73. The highest BCUT2D eigenvalue weighted by Gasteiger charge is 2.14. The second-order valence-electron chi connectivity index (χ2n) is 4.75. The smallest absolute Gasteiger partial charge is 0.140 e. The quantitative estimate of drug-likeness (QED) is 0.810. The lowest BCUT2D eigenvalue weighted by Gasteiger charge is -2.10. The van der Waals surface area contributed by atoms with Gasteiger partial charge in [-0.05, 0) is 49.2 Å². The van der Waals surface area contributed by atoms with Crippen LogP contribution in [0, 0.1) is 11.6 Å². The molecule has 0 aliphatic rings. The third-order valence-corrected chi connectivity index (χ3v) is 4.55. The van der Waals surface area contributed by atoms with Gasteiger partial charge >= 0.3 is 0 Å². The molecule has 2 aromatic carbocycles. The summed E-state index contributed by atoms with van der Waals surface area (Å²) in [7, 11) is 0. The van der Waals surface area contributed by atoms with Crippen molar-refractivity contribution >= 4 is 35.0 Å². The van der Waals surface area contributed by atoms with Crippen molar-refractivity contribution in [2.75, 3.05) is 0 Å². The highest BCUT2D eigenvalue weighted by Crippen LogP contribution is 2.35. The summed E-state index contributed by atoms with van der Waals surface area (Å²) in [5.74, 6) is -1.22. The first-order valence-electron chi connectivity index (χ1n) is 6.23. The minimum Gasteiger partial charge on any atom is -0.328 e. The van der Waals surface area contributed by atoms with E-state index < -0.39 is 11.6 Å². The molecule has 0 bridgehead atoms. The number of benzene rings is 2. The maximum Gasteiger partial charge on any atom is 0.140 e. The summed E-state index contributed by atoms with van der Waals surface area (Å²) in [6.07, 6.45) is 0.422. The molecule has 0 aliphatic carbocycles. The van der Waals surface area contributed by atoms with Gasteiger partial charge in [-0.15, -0.1) is 0 Å². The molecule has 0 saturated carbocycles. The van der Waals surface area contributed by atoms with Gasteiger partial charge in [-0.25, -0.2) is 8.78 Å². The van der Waals surface area contributed by atoms with Crippen molar-refractivity contribution in [2.45, 2.75) is 29.2 Å². The van der Waals surface area contributed by atoms with Gasteiger partial charge in [-0.2, -0.15) is 0 Å². The van der Waals surface area contributed by atoms with E-state index in [1.807, 2.05) is 0 Å². The second-order valence-corrected chi connectivity index (χ2v) is 6.65. The van der Waals surface area contributed by atoms with Gasteiger partial charge < -0.3 is 5.73 Å². The first kappa shape index (κ1) is 16.6.